The third-order valence-electron chi connectivity index (χ3n) is 9.71. The van der Waals surface area contributed by atoms with E-state index in [1.54, 1.807) is 19.2 Å². The normalized spacial score (nSPS) is 15.9. The molecule has 1 aliphatic heterocycles. The number of anilines is 2. The molecule has 1 amide bonds. The van der Waals surface area contributed by atoms with Crippen molar-refractivity contribution in [2.24, 2.45) is 5.92 Å². The molecule has 2 fully saturated rings. The lowest BCUT2D eigenvalue weighted by molar-refractivity contribution is -0.384. The predicted octanol–water partition coefficient (Wildman–Crippen LogP) is 6.72. The number of sulfonamides is 1. The molecule has 1 saturated carbocycles. The number of piperazine rings is 1. The number of benzene rings is 4. The molecule has 0 spiro atoms. The van der Waals surface area contributed by atoms with Crippen molar-refractivity contribution in [2.75, 3.05) is 49.6 Å². The predicted molar refractivity (Wildman–Crippen MR) is 193 cm³/mol. The third kappa shape index (κ3) is 8.29. The van der Waals surface area contributed by atoms with Crippen molar-refractivity contribution in [3.05, 3.63) is 118 Å². The van der Waals surface area contributed by atoms with E-state index in [4.69, 9.17) is 0 Å². The monoisotopic (exact) mass is 681 g/mol. The molecule has 0 radical (unpaired) electrons. The molecule has 0 bridgehead atoms. The van der Waals surface area contributed by atoms with Crippen LogP contribution in [-0.4, -0.2) is 63.9 Å². The van der Waals surface area contributed by atoms with Gasteiger partial charge in [0, 0.05) is 63.6 Å². The van der Waals surface area contributed by atoms with Gasteiger partial charge < -0.3 is 9.80 Å². The molecule has 4 aromatic rings. The van der Waals surface area contributed by atoms with E-state index in [2.05, 4.69) is 63.1 Å². The molecule has 2 aliphatic rings. The van der Waals surface area contributed by atoms with Crippen LogP contribution in [-0.2, 0) is 16.6 Å². The van der Waals surface area contributed by atoms with Gasteiger partial charge in [0.15, 0.2) is 0 Å². The number of rotatable bonds is 11. The second-order valence-corrected chi connectivity index (χ2v) is 14.7. The standard InChI is InChI=1S/C38H43N5O5S/c1-40(27-29-10-4-2-5-11-29)36-21-20-34(26-37(36)43(45)46)49(47,48)39-38(44)31-16-18-33(19-17-31)42-24-22-41(23-25-42)28-32-14-8-9-15-35(32)30-12-6-3-7-13-30/h3,6-9,12-21,26,29H,2,4-5,10-11,22-25,27-28H2,1H3,(H,39,44). The Labute approximate surface area is 288 Å². The fraction of sp³-hybridized carbons (Fsp3) is 0.342. The van der Waals surface area contributed by atoms with Gasteiger partial charge in [0.25, 0.3) is 21.6 Å². The Morgan fingerprint density at radius 1 is 0.878 bits per heavy atom. The lowest BCUT2D eigenvalue weighted by atomic mass is 9.89. The minimum Gasteiger partial charge on any atom is -0.369 e. The Hall–Kier alpha value is -4.74. The van der Waals surface area contributed by atoms with E-state index >= 15 is 0 Å². The maximum Gasteiger partial charge on any atom is 0.293 e. The summed E-state index contributed by atoms with van der Waals surface area (Å²) in [6.07, 6.45) is 5.69. The van der Waals surface area contributed by atoms with Gasteiger partial charge in [-0.25, -0.2) is 13.1 Å². The van der Waals surface area contributed by atoms with Crippen LogP contribution in [0.4, 0.5) is 17.1 Å². The summed E-state index contributed by atoms with van der Waals surface area (Å²) in [4.78, 5) is 30.6. The number of nitro groups is 1. The largest absolute Gasteiger partial charge is 0.369 e. The molecule has 1 heterocycles. The zero-order valence-electron chi connectivity index (χ0n) is 27.8. The molecule has 49 heavy (non-hydrogen) atoms. The number of carbonyl (C=O) groups excluding carboxylic acids is 1. The fourth-order valence-corrected chi connectivity index (χ4v) is 8.01. The van der Waals surface area contributed by atoms with Crippen molar-refractivity contribution in [3.63, 3.8) is 0 Å². The number of nitrogens with zero attached hydrogens (tertiary/aromatic N) is 4. The zero-order chi connectivity index (χ0) is 34.4. The lowest BCUT2D eigenvalue weighted by Crippen LogP contribution is -2.46. The van der Waals surface area contributed by atoms with Crippen LogP contribution >= 0.6 is 0 Å². The molecule has 4 aromatic carbocycles. The summed E-state index contributed by atoms with van der Waals surface area (Å²) >= 11 is 0. The highest BCUT2D eigenvalue weighted by Crippen LogP contribution is 2.33. The third-order valence-corrected chi connectivity index (χ3v) is 11.0. The number of carbonyl (C=O) groups is 1. The van der Waals surface area contributed by atoms with Crippen molar-refractivity contribution in [1.29, 1.82) is 0 Å². The summed E-state index contributed by atoms with van der Waals surface area (Å²) < 4.78 is 28.5. The number of nitrogens with one attached hydrogen (secondary N) is 1. The number of nitro benzene ring substituents is 1. The first-order chi connectivity index (χ1) is 23.7. The minimum atomic E-state index is -4.36. The average molecular weight is 682 g/mol. The van der Waals surface area contributed by atoms with Crippen LogP contribution in [0.2, 0.25) is 0 Å². The van der Waals surface area contributed by atoms with Crippen molar-refractivity contribution in [1.82, 2.24) is 9.62 Å². The highest BCUT2D eigenvalue weighted by molar-refractivity contribution is 7.90. The molecule has 1 saturated heterocycles. The number of hydrogen-bond acceptors (Lipinski definition) is 8. The molecule has 6 rings (SSSR count). The van der Waals surface area contributed by atoms with Gasteiger partial charge in [-0.05, 0) is 71.8 Å². The first kappa shape index (κ1) is 34.1. The van der Waals surface area contributed by atoms with Crippen LogP contribution in [0.3, 0.4) is 0 Å². The van der Waals surface area contributed by atoms with Crippen LogP contribution in [0.5, 0.6) is 0 Å². The summed E-state index contributed by atoms with van der Waals surface area (Å²) in [5, 5.41) is 12.0. The van der Waals surface area contributed by atoms with Gasteiger partial charge in [0.05, 0.1) is 9.82 Å². The summed E-state index contributed by atoms with van der Waals surface area (Å²) in [5.41, 5.74) is 4.93. The van der Waals surface area contributed by atoms with Gasteiger partial charge in [0.2, 0.25) is 0 Å². The zero-order valence-corrected chi connectivity index (χ0v) is 28.6. The maximum atomic E-state index is 13.2. The van der Waals surface area contributed by atoms with Crippen molar-refractivity contribution in [2.45, 2.75) is 43.5 Å². The molecular weight excluding hydrogens is 639 g/mol. The van der Waals surface area contributed by atoms with Crippen LogP contribution in [0.1, 0.15) is 48.0 Å². The van der Waals surface area contributed by atoms with E-state index in [1.165, 1.54) is 35.2 Å². The Balaban J connectivity index is 1.06. The smallest absolute Gasteiger partial charge is 0.293 e. The topological polar surface area (TPSA) is 116 Å². The fourth-order valence-electron chi connectivity index (χ4n) is 7.02. The molecule has 1 aliphatic carbocycles. The van der Waals surface area contributed by atoms with E-state index in [9.17, 15) is 23.3 Å². The molecule has 256 valence electrons. The van der Waals surface area contributed by atoms with Crippen LogP contribution in [0, 0.1) is 16.0 Å². The summed E-state index contributed by atoms with van der Waals surface area (Å²) in [6, 6.07) is 29.6. The Morgan fingerprint density at radius 2 is 1.55 bits per heavy atom. The molecule has 10 nitrogen and oxygen atoms in total. The highest BCUT2D eigenvalue weighted by Gasteiger charge is 2.27. The molecule has 1 N–H and O–H groups in total. The summed E-state index contributed by atoms with van der Waals surface area (Å²) in [7, 11) is -2.56. The van der Waals surface area contributed by atoms with Gasteiger partial charge in [-0.3, -0.25) is 19.8 Å². The number of amides is 1. The second-order valence-electron chi connectivity index (χ2n) is 13.1. The molecule has 11 heteroatoms. The molecule has 0 aromatic heterocycles. The van der Waals surface area contributed by atoms with E-state index in [-0.39, 0.29) is 16.1 Å². The summed E-state index contributed by atoms with van der Waals surface area (Å²) in [6.45, 7) is 4.92. The van der Waals surface area contributed by atoms with Crippen molar-refractivity contribution >= 4 is 33.0 Å². The Bertz CT molecular complexity index is 1870. The maximum absolute atomic E-state index is 13.2. The highest BCUT2D eigenvalue weighted by atomic mass is 32.2. The summed E-state index contributed by atoms with van der Waals surface area (Å²) in [5.74, 6) is -0.347. The molecular formula is C38H43N5O5S. The Kier molecular flexibility index (Phi) is 10.6. The molecule has 0 atom stereocenters. The van der Waals surface area contributed by atoms with Gasteiger partial charge in [0.1, 0.15) is 5.69 Å². The van der Waals surface area contributed by atoms with Crippen LogP contribution < -0.4 is 14.5 Å². The van der Waals surface area contributed by atoms with Crippen LogP contribution in [0.15, 0.2) is 102 Å². The SMILES string of the molecule is CN(CC1CCCCC1)c1ccc(S(=O)(=O)NC(=O)c2ccc(N3CCN(Cc4ccccc4-c4ccccc4)CC3)cc2)cc1[N+](=O)[O-]. The van der Waals surface area contributed by atoms with Gasteiger partial charge in [-0.15, -0.1) is 0 Å². The van der Waals surface area contributed by atoms with Crippen molar-refractivity contribution in [3.8, 4) is 11.1 Å². The second kappa shape index (κ2) is 15.2. The minimum absolute atomic E-state index is 0.182. The van der Waals surface area contributed by atoms with Crippen molar-refractivity contribution < 1.29 is 18.1 Å². The van der Waals surface area contributed by atoms with Gasteiger partial charge in [-0.1, -0.05) is 73.9 Å². The van der Waals surface area contributed by atoms with E-state index in [0.717, 1.165) is 70.2 Å². The van der Waals surface area contributed by atoms with E-state index in [0.29, 0.717) is 18.2 Å². The van der Waals surface area contributed by atoms with E-state index < -0.39 is 20.9 Å². The quantitative estimate of drug-likeness (QED) is 0.137. The van der Waals surface area contributed by atoms with Crippen LogP contribution in [0.25, 0.3) is 11.1 Å². The van der Waals surface area contributed by atoms with E-state index in [1.807, 2.05) is 23.1 Å². The Morgan fingerprint density at radius 3 is 2.24 bits per heavy atom. The lowest BCUT2D eigenvalue weighted by Gasteiger charge is -2.36. The first-order valence-corrected chi connectivity index (χ1v) is 18.4. The van der Waals surface area contributed by atoms with Gasteiger partial charge in [-0.2, -0.15) is 0 Å². The number of hydrogen-bond donors (Lipinski definition) is 1. The molecule has 0 unspecified atom stereocenters. The average Bonchev–Trinajstić information content (AvgIpc) is 3.12. The first-order valence-electron chi connectivity index (χ1n) is 17.0. The van der Waals surface area contributed by atoms with Gasteiger partial charge >= 0.3 is 0 Å².